The summed E-state index contributed by atoms with van der Waals surface area (Å²) in [5, 5.41) is 13.8. The molecule has 168 valence electrons. The van der Waals surface area contributed by atoms with Gasteiger partial charge in [0.25, 0.3) is 11.6 Å². The summed E-state index contributed by atoms with van der Waals surface area (Å²) >= 11 is 1.56. The third-order valence-corrected chi connectivity index (χ3v) is 6.97. The third-order valence-electron chi connectivity index (χ3n) is 5.76. The van der Waals surface area contributed by atoms with Crippen LogP contribution in [0.1, 0.15) is 38.0 Å². The van der Waals surface area contributed by atoms with Gasteiger partial charge in [-0.15, -0.1) is 11.8 Å². The topological polar surface area (TPSA) is 92.6 Å². The molecule has 4 rings (SSSR count). The van der Waals surface area contributed by atoms with Crippen LogP contribution in [-0.2, 0) is 4.79 Å². The number of hydrogen-bond acceptors (Lipinski definition) is 5. The van der Waals surface area contributed by atoms with E-state index in [0.717, 1.165) is 16.8 Å². The quantitative estimate of drug-likeness (QED) is 0.397. The molecule has 1 aliphatic heterocycles. The number of rotatable bonds is 5. The van der Waals surface area contributed by atoms with E-state index in [9.17, 15) is 19.7 Å². The van der Waals surface area contributed by atoms with Crippen LogP contribution in [0.25, 0.3) is 0 Å². The van der Waals surface area contributed by atoms with Crippen molar-refractivity contribution in [2.24, 2.45) is 0 Å². The second-order valence-corrected chi connectivity index (χ2v) is 9.10. The summed E-state index contributed by atoms with van der Waals surface area (Å²) in [7, 11) is 0. The van der Waals surface area contributed by atoms with E-state index >= 15 is 0 Å². The van der Waals surface area contributed by atoms with E-state index in [2.05, 4.69) is 5.32 Å². The highest BCUT2D eigenvalue weighted by atomic mass is 32.2. The standard InChI is InChI=1S/C25H23N3O4S/c1-15-5-11-21(12-17(15)3)27-23(29)14-33-25(27)18-7-9-20(10-8-18)26-24(30)19-6-4-16(2)22(13-19)28(31)32/h4-13,25H,14H2,1-3H3,(H,26,30)/t25-/m0/s1. The van der Waals surface area contributed by atoms with Gasteiger partial charge in [0.15, 0.2) is 0 Å². The minimum absolute atomic E-state index is 0.0617. The molecule has 1 aliphatic rings. The number of thioether (sulfide) groups is 1. The van der Waals surface area contributed by atoms with Crippen LogP contribution in [0.2, 0.25) is 0 Å². The van der Waals surface area contributed by atoms with E-state index in [4.69, 9.17) is 0 Å². The van der Waals surface area contributed by atoms with Gasteiger partial charge in [-0.25, -0.2) is 0 Å². The lowest BCUT2D eigenvalue weighted by molar-refractivity contribution is -0.385. The molecule has 0 radical (unpaired) electrons. The maximum absolute atomic E-state index is 12.6. The first-order chi connectivity index (χ1) is 15.7. The summed E-state index contributed by atoms with van der Waals surface area (Å²) in [5.74, 6) is 0.0436. The zero-order chi connectivity index (χ0) is 23.7. The SMILES string of the molecule is Cc1ccc(N2C(=O)CS[C@H]2c2ccc(NC(=O)c3ccc(C)c([N+](=O)[O-])c3)cc2)cc1C. The van der Waals surface area contributed by atoms with Crippen molar-refractivity contribution in [1.82, 2.24) is 0 Å². The number of benzene rings is 3. The van der Waals surface area contributed by atoms with E-state index in [0.29, 0.717) is 17.0 Å². The lowest BCUT2D eigenvalue weighted by Crippen LogP contribution is -2.27. The lowest BCUT2D eigenvalue weighted by Gasteiger charge is -2.25. The number of aryl methyl sites for hydroxylation is 3. The predicted molar refractivity (Wildman–Crippen MR) is 131 cm³/mol. The Labute approximate surface area is 196 Å². The highest BCUT2D eigenvalue weighted by Gasteiger charge is 2.34. The molecule has 8 heteroatoms. The normalized spacial score (nSPS) is 15.5. The Bertz CT molecular complexity index is 1260. The van der Waals surface area contributed by atoms with Gasteiger partial charge in [0.2, 0.25) is 5.91 Å². The van der Waals surface area contributed by atoms with Gasteiger partial charge in [-0.3, -0.25) is 24.6 Å². The molecule has 0 aromatic heterocycles. The summed E-state index contributed by atoms with van der Waals surface area (Å²) in [6.07, 6.45) is 0. The Morgan fingerprint density at radius 3 is 2.36 bits per heavy atom. The fourth-order valence-electron chi connectivity index (χ4n) is 3.71. The summed E-state index contributed by atoms with van der Waals surface area (Å²) in [5.41, 5.74) is 5.32. The van der Waals surface area contributed by atoms with Crippen molar-refractivity contribution in [2.45, 2.75) is 26.1 Å². The Balaban J connectivity index is 1.52. The maximum Gasteiger partial charge on any atom is 0.273 e. The molecule has 0 unspecified atom stereocenters. The first-order valence-electron chi connectivity index (χ1n) is 10.4. The number of nitrogens with zero attached hydrogens (tertiary/aromatic N) is 2. The van der Waals surface area contributed by atoms with Crippen molar-refractivity contribution >= 4 is 40.6 Å². The molecule has 1 heterocycles. The van der Waals surface area contributed by atoms with Crippen LogP contribution in [0.15, 0.2) is 60.7 Å². The van der Waals surface area contributed by atoms with E-state index in [-0.39, 0.29) is 22.5 Å². The maximum atomic E-state index is 12.6. The highest BCUT2D eigenvalue weighted by Crippen LogP contribution is 2.42. The fraction of sp³-hybridized carbons (Fsp3) is 0.200. The summed E-state index contributed by atoms with van der Waals surface area (Å²) < 4.78 is 0. The predicted octanol–water partition coefficient (Wildman–Crippen LogP) is 5.55. The highest BCUT2D eigenvalue weighted by molar-refractivity contribution is 8.00. The van der Waals surface area contributed by atoms with Gasteiger partial charge in [-0.05, 0) is 67.8 Å². The molecule has 33 heavy (non-hydrogen) atoms. The summed E-state index contributed by atoms with van der Waals surface area (Å²) in [6, 6.07) is 17.7. The van der Waals surface area contributed by atoms with Gasteiger partial charge in [0, 0.05) is 28.6 Å². The number of anilines is 2. The first kappa shape index (κ1) is 22.5. The number of hydrogen-bond donors (Lipinski definition) is 1. The summed E-state index contributed by atoms with van der Waals surface area (Å²) in [6.45, 7) is 5.70. The van der Waals surface area contributed by atoms with Crippen LogP contribution in [0.5, 0.6) is 0 Å². The molecule has 0 saturated carbocycles. The molecule has 1 fully saturated rings. The number of nitro groups is 1. The van der Waals surface area contributed by atoms with Crippen molar-refractivity contribution in [3.8, 4) is 0 Å². The van der Waals surface area contributed by atoms with Crippen molar-refractivity contribution in [3.05, 3.63) is 98.6 Å². The van der Waals surface area contributed by atoms with Gasteiger partial charge in [0.05, 0.1) is 10.7 Å². The average Bonchev–Trinajstić information content (AvgIpc) is 3.17. The second-order valence-electron chi connectivity index (χ2n) is 8.03. The molecular weight excluding hydrogens is 438 g/mol. The van der Waals surface area contributed by atoms with Crippen LogP contribution in [-0.4, -0.2) is 22.5 Å². The van der Waals surface area contributed by atoms with Crippen molar-refractivity contribution in [2.75, 3.05) is 16.0 Å². The second kappa shape index (κ2) is 9.07. The van der Waals surface area contributed by atoms with Gasteiger partial charge in [-0.2, -0.15) is 0 Å². The van der Waals surface area contributed by atoms with Crippen LogP contribution < -0.4 is 10.2 Å². The number of carbonyl (C=O) groups is 2. The molecule has 1 saturated heterocycles. The average molecular weight is 462 g/mol. The van der Waals surface area contributed by atoms with Crippen LogP contribution in [0, 0.1) is 30.9 Å². The lowest BCUT2D eigenvalue weighted by atomic mass is 10.1. The zero-order valence-corrected chi connectivity index (χ0v) is 19.3. The minimum atomic E-state index is -0.497. The van der Waals surface area contributed by atoms with Gasteiger partial charge in [0.1, 0.15) is 5.37 Å². The molecular formula is C25H23N3O4S. The van der Waals surface area contributed by atoms with E-state index in [1.807, 2.05) is 49.1 Å². The van der Waals surface area contributed by atoms with Gasteiger partial charge < -0.3 is 5.32 Å². The monoisotopic (exact) mass is 461 g/mol. The largest absolute Gasteiger partial charge is 0.322 e. The molecule has 2 amide bonds. The molecule has 0 spiro atoms. The molecule has 1 atom stereocenters. The van der Waals surface area contributed by atoms with Crippen LogP contribution >= 0.6 is 11.8 Å². The van der Waals surface area contributed by atoms with E-state index < -0.39 is 10.8 Å². The Morgan fingerprint density at radius 2 is 1.70 bits per heavy atom. The summed E-state index contributed by atoms with van der Waals surface area (Å²) in [4.78, 5) is 37.7. The molecule has 3 aromatic carbocycles. The minimum Gasteiger partial charge on any atom is -0.322 e. The number of nitro benzene ring substituents is 1. The molecule has 7 nitrogen and oxygen atoms in total. The number of nitrogens with one attached hydrogen (secondary N) is 1. The van der Waals surface area contributed by atoms with Gasteiger partial charge >= 0.3 is 0 Å². The Hall–Kier alpha value is -3.65. The van der Waals surface area contributed by atoms with E-state index in [1.54, 1.807) is 43.0 Å². The molecule has 0 aliphatic carbocycles. The van der Waals surface area contributed by atoms with Gasteiger partial charge in [-0.1, -0.05) is 24.3 Å². The smallest absolute Gasteiger partial charge is 0.273 e. The van der Waals surface area contributed by atoms with Crippen molar-refractivity contribution in [1.29, 1.82) is 0 Å². The van der Waals surface area contributed by atoms with Crippen LogP contribution in [0.4, 0.5) is 17.1 Å². The Morgan fingerprint density at radius 1 is 1.00 bits per heavy atom. The van der Waals surface area contributed by atoms with Crippen LogP contribution in [0.3, 0.4) is 0 Å². The number of carbonyl (C=O) groups excluding carboxylic acids is 2. The molecule has 0 bridgehead atoms. The number of amides is 2. The van der Waals surface area contributed by atoms with Crippen molar-refractivity contribution in [3.63, 3.8) is 0 Å². The molecule has 1 N–H and O–H groups in total. The first-order valence-corrected chi connectivity index (χ1v) is 11.5. The molecule has 3 aromatic rings. The van der Waals surface area contributed by atoms with Crippen molar-refractivity contribution < 1.29 is 14.5 Å². The Kier molecular flexibility index (Phi) is 6.20. The fourth-order valence-corrected chi connectivity index (χ4v) is 4.88. The zero-order valence-electron chi connectivity index (χ0n) is 18.5. The van der Waals surface area contributed by atoms with E-state index in [1.165, 1.54) is 11.6 Å². The third kappa shape index (κ3) is 4.61.